The van der Waals surface area contributed by atoms with Gasteiger partial charge in [-0.2, -0.15) is 0 Å². The lowest BCUT2D eigenvalue weighted by atomic mass is 10.2. The molecule has 0 spiro atoms. The fraction of sp³-hybridized carbons (Fsp3) is 0.350. The van der Waals surface area contributed by atoms with E-state index in [1.165, 1.54) is 23.4 Å². The minimum absolute atomic E-state index is 0.0726. The molecule has 0 atom stereocenters. The van der Waals surface area contributed by atoms with E-state index >= 15 is 0 Å². The standard InChI is InChI=1S/C20H24FN3O2/c1-16-3-2-4-18(15-16)23-10-12-24(13-11-23)20(25)22-9-14-26-19-7-5-17(21)6-8-19/h2-8,15H,9-14H2,1H3,(H,22,25). The molecule has 6 heteroatoms. The zero-order valence-corrected chi connectivity index (χ0v) is 15.0. The predicted molar refractivity (Wildman–Crippen MR) is 100 cm³/mol. The van der Waals surface area contributed by atoms with E-state index in [-0.39, 0.29) is 11.8 Å². The summed E-state index contributed by atoms with van der Waals surface area (Å²) >= 11 is 0. The number of amides is 2. The highest BCUT2D eigenvalue weighted by molar-refractivity contribution is 5.74. The molecule has 1 aliphatic heterocycles. The van der Waals surface area contributed by atoms with E-state index < -0.39 is 0 Å². The van der Waals surface area contributed by atoms with Crippen LogP contribution in [0.25, 0.3) is 0 Å². The Labute approximate surface area is 153 Å². The SMILES string of the molecule is Cc1cccc(N2CCN(C(=O)NCCOc3ccc(F)cc3)CC2)c1. The van der Waals surface area contributed by atoms with Crippen molar-refractivity contribution in [1.29, 1.82) is 0 Å². The van der Waals surface area contributed by atoms with Crippen LogP contribution in [0.4, 0.5) is 14.9 Å². The second kappa shape index (κ2) is 8.56. The van der Waals surface area contributed by atoms with Crippen LogP contribution in [0, 0.1) is 12.7 Å². The van der Waals surface area contributed by atoms with Gasteiger partial charge >= 0.3 is 6.03 Å². The number of urea groups is 1. The molecular weight excluding hydrogens is 333 g/mol. The molecule has 5 nitrogen and oxygen atoms in total. The van der Waals surface area contributed by atoms with E-state index in [1.807, 2.05) is 4.90 Å². The number of anilines is 1. The zero-order chi connectivity index (χ0) is 18.4. The van der Waals surface area contributed by atoms with Gasteiger partial charge < -0.3 is 19.9 Å². The fourth-order valence-electron chi connectivity index (χ4n) is 2.96. The Balaban J connectivity index is 1.37. The molecule has 2 amide bonds. The van der Waals surface area contributed by atoms with Gasteiger partial charge in [0.15, 0.2) is 0 Å². The number of benzene rings is 2. The third kappa shape index (κ3) is 4.88. The van der Waals surface area contributed by atoms with Crippen LogP contribution in [0.2, 0.25) is 0 Å². The third-order valence-corrected chi connectivity index (χ3v) is 4.39. The summed E-state index contributed by atoms with van der Waals surface area (Å²) in [6.45, 7) is 5.87. The van der Waals surface area contributed by atoms with Gasteiger partial charge in [0.2, 0.25) is 0 Å². The summed E-state index contributed by atoms with van der Waals surface area (Å²) in [5.41, 5.74) is 2.45. The Hall–Kier alpha value is -2.76. The monoisotopic (exact) mass is 357 g/mol. The Morgan fingerprint density at radius 3 is 2.54 bits per heavy atom. The van der Waals surface area contributed by atoms with Crippen molar-refractivity contribution >= 4 is 11.7 Å². The summed E-state index contributed by atoms with van der Waals surface area (Å²) in [4.78, 5) is 16.4. The fourth-order valence-corrected chi connectivity index (χ4v) is 2.96. The first-order valence-electron chi connectivity index (χ1n) is 8.84. The van der Waals surface area contributed by atoms with E-state index in [9.17, 15) is 9.18 Å². The maximum Gasteiger partial charge on any atom is 0.317 e. The lowest BCUT2D eigenvalue weighted by molar-refractivity contribution is 0.191. The van der Waals surface area contributed by atoms with Gasteiger partial charge in [-0.1, -0.05) is 12.1 Å². The molecule has 1 heterocycles. The van der Waals surface area contributed by atoms with Crippen LogP contribution in [0.5, 0.6) is 5.75 Å². The maximum absolute atomic E-state index is 12.8. The number of aryl methyl sites for hydroxylation is 1. The van der Waals surface area contributed by atoms with Crippen LogP contribution in [0.15, 0.2) is 48.5 Å². The molecule has 1 saturated heterocycles. The molecule has 0 saturated carbocycles. The van der Waals surface area contributed by atoms with Crippen molar-refractivity contribution in [2.45, 2.75) is 6.92 Å². The summed E-state index contributed by atoms with van der Waals surface area (Å²) in [6, 6.07) is 14.2. The van der Waals surface area contributed by atoms with Crippen LogP contribution in [0.3, 0.4) is 0 Å². The summed E-state index contributed by atoms with van der Waals surface area (Å²) in [5.74, 6) is 0.294. The molecule has 0 radical (unpaired) electrons. The maximum atomic E-state index is 12.8. The number of carbonyl (C=O) groups is 1. The number of nitrogens with one attached hydrogen (secondary N) is 1. The normalized spacial score (nSPS) is 14.2. The molecule has 1 fully saturated rings. The first-order chi connectivity index (χ1) is 12.6. The van der Waals surface area contributed by atoms with Crippen molar-refractivity contribution in [3.63, 3.8) is 0 Å². The van der Waals surface area contributed by atoms with Gasteiger partial charge in [0.1, 0.15) is 18.2 Å². The highest BCUT2D eigenvalue weighted by Gasteiger charge is 2.20. The minimum Gasteiger partial charge on any atom is -0.492 e. The van der Waals surface area contributed by atoms with Gasteiger partial charge in [0.25, 0.3) is 0 Å². The van der Waals surface area contributed by atoms with Gasteiger partial charge in [-0.3, -0.25) is 0 Å². The molecule has 0 unspecified atom stereocenters. The smallest absolute Gasteiger partial charge is 0.317 e. The number of ether oxygens (including phenoxy) is 1. The van der Waals surface area contributed by atoms with Crippen LogP contribution in [0.1, 0.15) is 5.56 Å². The van der Waals surface area contributed by atoms with Gasteiger partial charge in [0, 0.05) is 31.9 Å². The highest BCUT2D eigenvalue weighted by Crippen LogP contribution is 2.17. The number of carbonyl (C=O) groups excluding carboxylic acids is 1. The van der Waals surface area contributed by atoms with Crippen molar-refractivity contribution in [2.75, 3.05) is 44.2 Å². The van der Waals surface area contributed by atoms with Gasteiger partial charge in [-0.05, 0) is 48.9 Å². The molecule has 1 N–H and O–H groups in total. The second-order valence-corrected chi connectivity index (χ2v) is 6.35. The average molecular weight is 357 g/mol. The molecule has 0 aliphatic carbocycles. The topological polar surface area (TPSA) is 44.8 Å². The lowest BCUT2D eigenvalue weighted by Crippen LogP contribution is -2.52. The van der Waals surface area contributed by atoms with Crippen LogP contribution in [-0.4, -0.2) is 50.3 Å². The molecule has 2 aromatic carbocycles. The third-order valence-electron chi connectivity index (χ3n) is 4.39. The first kappa shape index (κ1) is 18.0. The summed E-state index contributed by atoms with van der Waals surface area (Å²) in [5, 5.41) is 2.87. The Morgan fingerprint density at radius 1 is 1.12 bits per heavy atom. The molecule has 1 aliphatic rings. The summed E-state index contributed by atoms with van der Waals surface area (Å²) in [7, 11) is 0. The number of nitrogens with zero attached hydrogens (tertiary/aromatic N) is 2. The first-order valence-corrected chi connectivity index (χ1v) is 8.84. The molecule has 0 bridgehead atoms. The Bertz CT molecular complexity index is 728. The zero-order valence-electron chi connectivity index (χ0n) is 15.0. The average Bonchev–Trinajstić information content (AvgIpc) is 2.66. The molecule has 3 rings (SSSR count). The predicted octanol–water partition coefficient (Wildman–Crippen LogP) is 3.04. The van der Waals surface area contributed by atoms with Crippen LogP contribution < -0.4 is 15.0 Å². The van der Waals surface area contributed by atoms with Gasteiger partial charge in [0.05, 0.1) is 6.54 Å². The number of piperazine rings is 1. The number of hydrogen-bond donors (Lipinski definition) is 1. The van der Waals surface area contributed by atoms with Crippen molar-refractivity contribution in [3.05, 3.63) is 59.9 Å². The lowest BCUT2D eigenvalue weighted by Gasteiger charge is -2.36. The van der Waals surface area contributed by atoms with E-state index in [4.69, 9.17) is 4.74 Å². The van der Waals surface area contributed by atoms with Crippen LogP contribution >= 0.6 is 0 Å². The Morgan fingerprint density at radius 2 is 1.85 bits per heavy atom. The number of rotatable bonds is 5. The van der Waals surface area contributed by atoms with Gasteiger partial charge in [-0.25, -0.2) is 9.18 Å². The molecular formula is C20H24FN3O2. The molecule has 2 aromatic rings. The van der Waals surface area contributed by atoms with Crippen molar-refractivity contribution in [1.82, 2.24) is 10.2 Å². The van der Waals surface area contributed by atoms with E-state index in [1.54, 1.807) is 12.1 Å². The van der Waals surface area contributed by atoms with Gasteiger partial charge in [-0.15, -0.1) is 0 Å². The quantitative estimate of drug-likeness (QED) is 0.837. The number of halogens is 1. The van der Waals surface area contributed by atoms with Crippen molar-refractivity contribution < 1.29 is 13.9 Å². The summed E-state index contributed by atoms with van der Waals surface area (Å²) < 4.78 is 18.3. The molecule has 26 heavy (non-hydrogen) atoms. The number of hydrogen-bond acceptors (Lipinski definition) is 3. The van der Waals surface area contributed by atoms with Crippen molar-refractivity contribution in [3.8, 4) is 5.75 Å². The van der Waals surface area contributed by atoms with Crippen molar-refractivity contribution in [2.24, 2.45) is 0 Å². The molecule has 0 aromatic heterocycles. The minimum atomic E-state index is -0.296. The van der Waals surface area contributed by atoms with E-state index in [0.29, 0.717) is 32.0 Å². The molecule has 138 valence electrons. The Kier molecular flexibility index (Phi) is 5.94. The van der Waals surface area contributed by atoms with E-state index in [2.05, 4.69) is 41.4 Å². The second-order valence-electron chi connectivity index (χ2n) is 6.35. The highest BCUT2D eigenvalue weighted by atomic mass is 19.1. The largest absolute Gasteiger partial charge is 0.492 e. The summed E-state index contributed by atoms with van der Waals surface area (Å²) in [6.07, 6.45) is 0. The van der Waals surface area contributed by atoms with Crippen LogP contribution in [-0.2, 0) is 0 Å². The van der Waals surface area contributed by atoms with E-state index in [0.717, 1.165) is 13.1 Å².